The lowest BCUT2D eigenvalue weighted by Gasteiger charge is -2.22. The van der Waals surface area contributed by atoms with Gasteiger partial charge in [0.2, 0.25) is 10.0 Å². The predicted molar refractivity (Wildman–Crippen MR) is 98.2 cm³/mol. The van der Waals surface area contributed by atoms with E-state index in [4.69, 9.17) is 4.74 Å². The van der Waals surface area contributed by atoms with Crippen LogP contribution < -0.4 is 0 Å². The highest BCUT2D eigenvalue weighted by Gasteiger charge is 2.25. The lowest BCUT2D eigenvalue weighted by Crippen LogP contribution is -2.33. The first kappa shape index (κ1) is 20.0. The van der Waals surface area contributed by atoms with Crippen LogP contribution in [0, 0.1) is 0 Å². The molecule has 0 unspecified atom stereocenters. The molecule has 0 saturated heterocycles. The standard InChI is InChI=1S/C18H23N3O4S/c1-20(2)18(22)16-5-4-6-17(13-16)26(23,24)21(11-12-25-3)14-15-7-9-19-10-8-15/h4-10,13H,11-12,14H2,1-3H3. The Morgan fingerprint density at radius 2 is 1.85 bits per heavy atom. The second-order valence-electron chi connectivity index (χ2n) is 5.91. The Morgan fingerprint density at radius 1 is 1.15 bits per heavy atom. The minimum Gasteiger partial charge on any atom is -0.383 e. The highest BCUT2D eigenvalue weighted by molar-refractivity contribution is 7.89. The van der Waals surface area contributed by atoms with Crippen molar-refractivity contribution in [3.05, 3.63) is 59.9 Å². The van der Waals surface area contributed by atoms with E-state index in [0.717, 1.165) is 5.56 Å². The molecule has 1 aromatic carbocycles. The maximum atomic E-state index is 13.1. The van der Waals surface area contributed by atoms with Gasteiger partial charge in [-0.05, 0) is 35.9 Å². The first-order chi connectivity index (χ1) is 12.4. The number of carbonyl (C=O) groups excluding carboxylic acids is 1. The van der Waals surface area contributed by atoms with Gasteiger partial charge in [-0.1, -0.05) is 6.07 Å². The topological polar surface area (TPSA) is 79.8 Å². The number of benzene rings is 1. The fourth-order valence-electron chi connectivity index (χ4n) is 2.37. The Balaban J connectivity index is 2.36. The van der Waals surface area contributed by atoms with Gasteiger partial charge in [-0.15, -0.1) is 0 Å². The molecule has 0 bridgehead atoms. The zero-order chi connectivity index (χ0) is 19.2. The second kappa shape index (κ2) is 8.88. The summed E-state index contributed by atoms with van der Waals surface area (Å²) in [5.41, 5.74) is 1.15. The number of methoxy groups -OCH3 is 1. The number of nitrogens with zero attached hydrogens (tertiary/aromatic N) is 3. The summed E-state index contributed by atoms with van der Waals surface area (Å²) in [6, 6.07) is 9.61. The van der Waals surface area contributed by atoms with Crippen molar-refractivity contribution < 1.29 is 17.9 Å². The maximum Gasteiger partial charge on any atom is 0.253 e. The Morgan fingerprint density at radius 3 is 2.46 bits per heavy atom. The van der Waals surface area contributed by atoms with E-state index in [9.17, 15) is 13.2 Å². The lowest BCUT2D eigenvalue weighted by molar-refractivity contribution is 0.0827. The van der Waals surface area contributed by atoms with Gasteiger partial charge in [0, 0.05) is 52.3 Å². The van der Waals surface area contributed by atoms with Crippen molar-refractivity contribution in [2.24, 2.45) is 0 Å². The molecule has 1 aromatic heterocycles. The summed E-state index contributed by atoms with van der Waals surface area (Å²) >= 11 is 0. The van der Waals surface area contributed by atoms with Gasteiger partial charge in [0.25, 0.3) is 5.91 Å². The van der Waals surface area contributed by atoms with Crippen molar-refractivity contribution >= 4 is 15.9 Å². The molecule has 0 aliphatic carbocycles. The van der Waals surface area contributed by atoms with E-state index in [0.29, 0.717) is 5.56 Å². The number of amides is 1. The normalized spacial score (nSPS) is 11.5. The molecule has 7 nitrogen and oxygen atoms in total. The smallest absolute Gasteiger partial charge is 0.253 e. The summed E-state index contributed by atoms with van der Waals surface area (Å²) in [5.74, 6) is -0.250. The van der Waals surface area contributed by atoms with Crippen LogP contribution in [0.15, 0.2) is 53.7 Å². The first-order valence-electron chi connectivity index (χ1n) is 8.06. The molecule has 2 rings (SSSR count). The van der Waals surface area contributed by atoms with Crippen molar-refractivity contribution in [1.29, 1.82) is 0 Å². The molecule has 0 aliphatic rings. The number of sulfonamides is 1. The van der Waals surface area contributed by atoms with Crippen LogP contribution in [0.1, 0.15) is 15.9 Å². The summed E-state index contributed by atoms with van der Waals surface area (Å²) in [5, 5.41) is 0. The van der Waals surface area contributed by atoms with E-state index in [-0.39, 0.29) is 30.5 Å². The van der Waals surface area contributed by atoms with E-state index in [1.54, 1.807) is 50.8 Å². The summed E-state index contributed by atoms with van der Waals surface area (Å²) in [7, 11) is 0.976. The Hall–Kier alpha value is -2.29. The molecule has 140 valence electrons. The lowest BCUT2D eigenvalue weighted by atomic mass is 10.2. The SMILES string of the molecule is COCCN(Cc1ccncc1)S(=O)(=O)c1cccc(C(=O)N(C)C)c1. The third kappa shape index (κ3) is 4.87. The minimum absolute atomic E-state index is 0.0790. The van der Waals surface area contributed by atoms with Crippen LogP contribution in [-0.2, 0) is 21.3 Å². The molecule has 2 aromatic rings. The van der Waals surface area contributed by atoms with Crippen LogP contribution in [0.5, 0.6) is 0 Å². The molecule has 0 radical (unpaired) electrons. The molecule has 0 saturated carbocycles. The second-order valence-corrected chi connectivity index (χ2v) is 7.85. The van der Waals surface area contributed by atoms with Gasteiger partial charge in [0.05, 0.1) is 11.5 Å². The third-order valence-corrected chi connectivity index (χ3v) is 5.62. The molecule has 8 heteroatoms. The molecule has 0 fully saturated rings. The van der Waals surface area contributed by atoms with E-state index >= 15 is 0 Å². The maximum absolute atomic E-state index is 13.1. The molecular formula is C18H23N3O4S. The molecule has 1 heterocycles. The van der Waals surface area contributed by atoms with Gasteiger partial charge < -0.3 is 9.64 Å². The van der Waals surface area contributed by atoms with Crippen molar-refractivity contribution in [2.45, 2.75) is 11.4 Å². The van der Waals surface area contributed by atoms with E-state index < -0.39 is 10.0 Å². The number of pyridine rings is 1. The minimum atomic E-state index is -3.79. The monoisotopic (exact) mass is 377 g/mol. The van der Waals surface area contributed by atoms with Crippen LogP contribution in [-0.4, -0.2) is 62.9 Å². The molecule has 0 atom stereocenters. The average molecular weight is 377 g/mol. The van der Waals surface area contributed by atoms with Crippen LogP contribution >= 0.6 is 0 Å². The molecule has 0 N–H and O–H groups in total. The first-order valence-corrected chi connectivity index (χ1v) is 9.50. The molecule has 0 aliphatic heterocycles. The van der Waals surface area contributed by atoms with Gasteiger partial charge in [-0.25, -0.2) is 8.42 Å². The zero-order valence-electron chi connectivity index (χ0n) is 15.1. The fraction of sp³-hybridized carbons (Fsp3) is 0.333. The van der Waals surface area contributed by atoms with Crippen molar-refractivity contribution in [3.8, 4) is 0 Å². The van der Waals surface area contributed by atoms with Crippen molar-refractivity contribution in [1.82, 2.24) is 14.2 Å². The van der Waals surface area contributed by atoms with E-state index in [2.05, 4.69) is 4.98 Å². The van der Waals surface area contributed by atoms with Crippen molar-refractivity contribution in [2.75, 3.05) is 34.4 Å². The van der Waals surface area contributed by atoms with Crippen LogP contribution in [0.2, 0.25) is 0 Å². The number of carbonyl (C=O) groups is 1. The zero-order valence-corrected chi connectivity index (χ0v) is 15.9. The summed E-state index contributed by atoms with van der Waals surface area (Å²) in [6.07, 6.45) is 3.24. The number of aromatic nitrogens is 1. The number of rotatable bonds is 8. The molecule has 1 amide bonds. The Kier molecular flexibility index (Phi) is 6.84. The summed E-state index contributed by atoms with van der Waals surface area (Å²) < 4.78 is 32.6. The van der Waals surface area contributed by atoms with Gasteiger partial charge in [0.15, 0.2) is 0 Å². The molecule has 0 spiro atoms. The Labute approximate surface area is 154 Å². The molecule has 26 heavy (non-hydrogen) atoms. The van der Waals surface area contributed by atoms with Gasteiger partial charge in [-0.3, -0.25) is 9.78 Å². The van der Waals surface area contributed by atoms with Crippen LogP contribution in [0.4, 0.5) is 0 Å². The van der Waals surface area contributed by atoms with E-state index in [1.165, 1.54) is 28.4 Å². The summed E-state index contributed by atoms with van der Waals surface area (Å²) in [6.45, 7) is 0.660. The number of hydrogen-bond donors (Lipinski definition) is 0. The van der Waals surface area contributed by atoms with Gasteiger partial charge in [-0.2, -0.15) is 4.31 Å². The van der Waals surface area contributed by atoms with Crippen LogP contribution in [0.25, 0.3) is 0 Å². The summed E-state index contributed by atoms with van der Waals surface area (Å²) in [4.78, 5) is 17.6. The predicted octanol–water partition coefficient (Wildman–Crippen LogP) is 1.62. The highest BCUT2D eigenvalue weighted by atomic mass is 32.2. The third-order valence-electron chi connectivity index (χ3n) is 3.78. The average Bonchev–Trinajstić information content (AvgIpc) is 2.65. The fourth-order valence-corrected chi connectivity index (χ4v) is 3.82. The molecular weight excluding hydrogens is 354 g/mol. The quantitative estimate of drug-likeness (QED) is 0.698. The van der Waals surface area contributed by atoms with E-state index in [1.807, 2.05) is 0 Å². The number of ether oxygens (including phenoxy) is 1. The highest BCUT2D eigenvalue weighted by Crippen LogP contribution is 2.20. The van der Waals surface area contributed by atoms with Crippen molar-refractivity contribution in [3.63, 3.8) is 0 Å². The number of hydrogen-bond acceptors (Lipinski definition) is 5. The largest absolute Gasteiger partial charge is 0.383 e. The van der Waals surface area contributed by atoms with Gasteiger partial charge >= 0.3 is 0 Å². The van der Waals surface area contributed by atoms with Crippen LogP contribution in [0.3, 0.4) is 0 Å². The Bertz CT molecular complexity index is 839. The van der Waals surface area contributed by atoms with Gasteiger partial charge in [0.1, 0.15) is 0 Å².